The van der Waals surface area contributed by atoms with E-state index in [1.54, 1.807) is 12.2 Å². The van der Waals surface area contributed by atoms with E-state index in [0.29, 0.717) is 32.5 Å². The first-order chi connectivity index (χ1) is 10.9. The molecule has 10 saturated heterocycles. The monoisotopic (exact) mass is 354 g/mol. The molecule has 10 heterocycles. The summed E-state index contributed by atoms with van der Waals surface area (Å²) in [7, 11) is 0. The topological polar surface area (TPSA) is 52.6 Å². The molecule has 5 heteroatoms. The SMILES string of the molecule is C=CCOC(=O)[C]12[CH]3[CH]4[CH]5[CH]1[Fe]45321678[CH]2[CH]1[CH]6[C]7(C(=O)OCC=C)[CH]28. The average molecular weight is 354 g/mol. The molecule has 0 aromatic heterocycles. The fraction of sp³-hybridized carbons (Fsp3) is 0.667. The van der Waals surface area contributed by atoms with Crippen molar-refractivity contribution < 1.29 is 25.6 Å². The van der Waals surface area contributed by atoms with Gasteiger partial charge in [-0.2, -0.15) is 0 Å². The minimum atomic E-state index is -4.08. The number of fused-ring (bicyclic) bond motifs is 10. The van der Waals surface area contributed by atoms with Gasteiger partial charge in [0.05, 0.1) is 0 Å². The standard InChI is InChI=1S/2C9H9O2.Fe/c2*1-2-7-11-9(10)8-5-3-4-6-8;/h2*2-6H,1,7H2;. The fourth-order valence-corrected chi connectivity index (χ4v) is 93.0. The van der Waals surface area contributed by atoms with Crippen molar-refractivity contribution in [1.82, 2.24) is 0 Å². The van der Waals surface area contributed by atoms with Crippen molar-refractivity contribution >= 4 is 11.9 Å². The summed E-state index contributed by atoms with van der Waals surface area (Å²) in [6.45, 7) is 3.90. The van der Waals surface area contributed by atoms with Gasteiger partial charge in [-0.15, -0.1) is 0 Å². The Balaban J connectivity index is 1.30. The Hall–Kier alpha value is -1.06. The molecule has 0 N–H and O–H groups in total. The first kappa shape index (κ1) is 10.0. The van der Waals surface area contributed by atoms with Gasteiger partial charge in [-0.05, 0) is 0 Å². The number of esters is 2. The Morgan fingerprint density at radius 2 is 1.17 bits per heavy atom. The summed E-state index contributed by atoms with van der Waals surface area (Å²) in [5, 5.41) is 0. The number of rotatable bonds is 6. The van der Waals surface area contributed by atoms with E-state index in [1.165, 1.54) is 0 Å². The van der Waals surface area contributed by atoms with Gasteiger partial charge in [-0.25, -0.2) is 0 Å². The van der Waals surface area contributed by atoms with Gasteiger partial charge in [0, 0.05) is 0 Å². The molecule has 10 aliphatic heterocycles. The van der Waals surface area contributed by atoms with Crippen LogP contribution in [0.1, 0.15) is 0 Å². The Labute approximate surface area is 123 Å². The van der Waals surface area contributed by atoms with Crippen LogP contribution in [0.25, 0.3) is 0 Å². The summed E-state index contributed by atoms with van der Waals surface area (Å²) in [6.07, 6.45) is 3.33. The van der Waals surface area contributed by atoms with Crippen LogP contribution in [0.4, 0.5) is 0 Å². The molecule has 8 atom stereocenters. The molecule has 1 spiro atoms. The summed E-state index contributed by atoms with van der Waals surface area (Å²) in [5.41, 5.74) is 0. The third-order valence-corrected chi connectivity index (χ3v) is 58.7. The first-order valence-corrected chi connectivity index (χ1v) is 14.9. The summed E-state index contributed by atoms with van der Waals surface area (Å²) in [5.74, 6) is 0.166. The Morgan fingerprint density at radius 3 is 1.43 bits per heavy atom. The molecule has 0 bridgehead atoms. The van der Waals surface area contributed by atoms with E-state index in [0.717, 1.165) is 19.3 Å². The second-order valence-corrected chi connectivity index (χ2v) is 34.8. The molecule has 122 valence electrons. The zero-order valence-corrected chi connectivity index (χ0v) is 13.7. The number of carbonyl (C=O) groups excluding carboxylic acids is 2. The van der Waals surface area contributed by atoms with E-state index in [1.807, 2.05) is 0 Å². The third-order valence-electron chi connectivity index (χ3n) is 16.1. The Kier molecular flexibility index (Phi) is 0.430. The van der Waals surface area contributed by atoms with Crippen molar-refractivity contribution in [3.8, 4) is 0 Å². The minimum absolute atomic E-state index is 0.0831. The number of hydrogen-bond donors (Lipinski definition) is 0. The van der Waals surface area contributed by atoms with E-state index in [2.05, 4.69) is 13.2 Å². The molecule has 0 aliphatic carbocycles. The van der Waals surface area contributed by atoms with Gasteiger partial charge in [0.2, 0.25) is 0 Å². The van der Waals surface area contributed by atoms with Gasteiger partial charge in [0.15, 0.2) is 0 Å². The van der Waals surface area contributed by atoms with Crippen LogP contribution in [0.15, 0.2) is 25.3 Å². The fourth-order valence-electron chi connectivity index (χ4n) is 18.1. The van der Waals surface area contributed by atoms with Crippen LogP contribution in [0.3, 0.4) is 0 Å². The molecule has 8 unspecified atom stereocenters. The molecule has 0 amide bonds. The molecule has 0 aromatic rings. The van der Waals surface area contributed by atoms with Crippen molar-refractivity contribution in [2.24, 2.45) is 0 Å². The molecule has 0 radical (unpaired) electrons. The second kappa shape index (κ2) is 0.985. The molecular weight excluding hydrogens is 336 g/mol. The zero-order valence-electron chi connectivity index (χ0n) is 12.6. The van der Waals surface area contributed by atoms with Crippen LogP contribution in [0, 0.1) is 0 Å². The van der Waals surface area contributed by atoms with Crippen LogP contribution in [0.5, 0.6) is 0 Å². The quantitative estimate of drug-likeness (QED) is 0.416. The summed E-state index contributed by atoms with van der Waals surface area (Å²) >= 11 is 0. The summed E-state index contributed by atoms with van der Waals surface area (Å²) in [6, 6.07) is 0. The average Bonchev–Trinajstić information content (AvgIpc) is 3.49. The van der Waals surface area contributed by atoms with Crippen molar-refractivity contribution in [1.29, 1.82) is 0 Å². The zero-order chi connectivity index (χ0) is 15.3. The molecule has 10 aliphatic rings. The van der Waals surface area contributed by atoms with Crippen LogP contribution >= 0.6 is 0 Å². The number of carbonyl (C=O) groups is 2. The summed E-state index contributed by atoms with van der Waals surface area (Å²) < 4.78 is 11.1. The maximum absolute atomic E-state index is 13.1. The molecule has 0 aromatic carbocycles. The van der Waals surface area contributed by atoms with Gasteiger partial charge in [0.1, 0.15) is 0 Å². The second-order valence-electron chi connectivity index (χ2n) is 11.6. The van der Waals surface area contributed by atoms with Gasteiger partial charge in [0.25, 0.3) is 0 Å². The van der Waals surface area contributed by atoms with Crippen LogP contribution in [-0.2, 0) is 25.6 Å². The molecular formula is C18H18FeO4. The van der Waals surface area contributed by atoms with Crippen molar-refractivity contribution in [3.05, 3.63) is 25.3 Å². The van der Waals surface area contributed by atoms with Crippen molar-refractivity contribution in [3.63, 3.8) is 0 Å². The third kappa shape index (κ3) is 0.125. The van der Waals surface area contributed by atoms with Gasteiger partial charge < -0.3 is 0 Å². The maximum atomic E-state index is 13.1. The number of ether oxygens (including phenoxy) is 2. The van der Waals surface area contributed by atoms with Gasteiger partial charge >= 0.3 is 123 Å². The van der Waals surface area contributed by atoms with E-state index in [-0.39, 0.29) is 20.6 Å². The van der Waals surface area contributed by atoms with Crippen LogP contribution in [-0.4, -0.2) is 25.2 Å². The molecule has 10 rings (SSSR count). The first-order valence-electron chi connectivity index (χ1n) is 8.67. The van der Waals surface area contributed by atoms with E-state index in [4.69, 9.17) is 9.47 Å². The normalized spacial score (nSPS) is 93.4. The Bertz CT molecular complexity index is 1150. The van der Waals surface area contributed by atoms with E-state index < -0.39 is 6.51 Å². The van der Waals surface area contributed by atoms with Crippen molar-refractivity contribution in [2.75, 3.05) is 13.2 Å². The van der Waals surface area contributed by atoms with E-state index >= 15 is 0 Å². The van der Waals surface area contributed by atoms with Crippen LogP contribution < -0.4 is 0 Å². The predicted octanol–water partition coefficient (Wildman–Crippen LogP) is 3.57. The predicted molar refractivity (Wildman–Crippen MR) is 77.7 cm³/mol. The van der Waals surface area contributed by atoms with Crippen molar-refractivity contribution in [2.45, 2.75) is 47.2 Å². The van der Waals surface area contributed by atoms with Crippen LogP contribution in [0.2, 0.25) is 47.2 Å². The van der Waals surface area contributed by atoms with Gasteiger partial charge in [-0.3, -0.25) is 0 Å². The molecule has 10 fully saturated rings. The number of hydrogen-bond acceptors (Lipinski definition) is 4. The van der Waals surface area contributed by atoms with Gasteiger partial charge in [-0.1, -0.05) is 0 Å². The molecule has 23 heavy (non-hydrogen) atoms. The van der Waals surface area contributed by atoms with E-state index in [9.17, 15) is 9.59 Å². The molecule has 4 nitrogen and oxygen atoms in total. The summed E-state index contributed by atoms with van der Waals surface area (Å²) in [4.78, 5) is 32.3. The molecule has 0 saturated carbocycles. The Morgan fingerprint density at radius 1 is 0.826 bits per heavy atom.